The van der Waals surface area contributed by atoms with Gasteiger partial charge in [-0.05, 0) is 18.2 Å². The van der Waals surface area contributed by atoms with Crippen LogP contribution < -0.4 is 22.3 Å². The summed E-state index contributed by atoms with van der Waals surface area (Å²) in [5, 5.41) is 2.90. The van der Waals surface area contributed by atoms with Gasteiger partial charge in [0.25, 0.3) is 0 Å². The molecule has 0 spiro atoms. The van der Waals surface area contributed by atoms with Crippen molar-refractivity contribution in [2.45, 2.75) is 0 Å². The Morgan fingerprint density at radius 1 is 1.22 bits per heavy atom. The third-order valence-electron chi connectivity index (χ3n) is 2.20. The van der Waals surface area contributed by atoms with Gasteiger partial charge in [-0.2, -0.15) is 0 Å². The fourth-order valence-electron chi connectivity index (χ4n) is 1.32. The number of hydrogen-bond donors (Lipinski definition) is 4. The SMILES string of the molecule is NNc1ncnc(Nc2ccc(F)c(Cl)c2)c1N. The van der Waals surface area contributed by atoms with Crippen molar-refractivity contribution in [2.75, 3.05) is 16.5 Å². The number of nitrogens with one attached hydrogen (secondary N) is 2. The van der Waals surface area contributed by atoms with Gasteiger partial charge in [-0.25, -0.2) is 20.2 Å². The Labute approximate surface area is 107 Å². The number of nitrogens with two attached hydrogens (primary N) is 2. The van der Waals surface area contributed by atoms with Crippen molar-refractivity contribution in [3.8, 4) is 0 Å². The van der Waals surface area contributed by atoms with E-state index in [4.69, 9.17) is 23.2 Å². The van der Waals surface area contributed by atoms with E-state index < -0.39 is 5.82 Å². The molecular formula is C10H10ClFN6. The minimum Gasteiger partial charge on any atom is -0.393 e. The summed E-state index contributed by atoms with van der Waals surface area (Å²) in [7, 11) is 0. The number of hydrazine groups is 1. The van der Waals surface area contributed by atoms with Crippen LogP contribution in [0.3, 0.4) is 0 Å². The van der Waals surface area contributed by atoms with Gasteiger partial charge in [0.2, 0.25) is 0 Å². The Morgan fingerprint density at radius 3 is 2.61 bits per heavy atom. The molecule has 0 aliphatic rings. The molecule has 0 amide bonds. The number of benzene rings is 1. The summed E-state index contributed by atoms with van der Waals surface area (Å²) in [6.45, 7) is 0. The molecule has 2 rings (SSSR count). The van der Waals surface area contributed by atoms with Crippen LogP contribution >= 0.6 is 11.6 Å². The number of aromatic nitrogens is 2. The Balaban J connectivity index is 2.31. The molecule has 2 aromatic rings. The summed E-state index contributed by atoms with van der Waals surface area (Å²) in [4.78, 5) is 7.79. The molecule has 0 unspecified atom stereocenters. The molecule has 0 atom stereocenters. The molecule has 1 aromatic heterocycles. The standard InChI is InChI=1S/C10H10ClFN6/c11-6-3-5(1-2-7(6)12)17-9-8(13)10(18-14)16-4-15-9/h1-4H,13-14H2,(H2,15,16,17,18). The minimum absolute atomic E-state index is 0.00445. The second-order valence-electron chi connectivity index (χ2n) is 3.38. The molecule has 8 heteroatoms. The van der Waals surface area contributed by atoms with Crippen molar-refractivity contribution in [3.05, 3.63) is 35.4 Å². The smallest absolute Gasteiger partial charge is 0.168 e. The maximum atomic E-state index is 13.0. The van der Waals surface area contributed by atoms with Crippen molar-refractivity contribution < 1.29 is 4.39 Å². The lowest BCUT2D eigenvalue weighted by Crippen LogP contribution is -2.12. The zero-order valence-corrected chi connectivity index (χ0v) is 9.87. The number of nitrogen functional groups attached to an aromatic ring is 2. The van der Waals surface area contributed by atoms with Crippen molar-refractivity contribution in [3.63, 3.8) is 0 Å². The zero-order chi connectivity index (χ0) is 13.1. The van der Waals surface area contributed by atoms with E-state index in [0.29, 0.717) is 17.3 Å². The first-order chi connectivity index (χ1) is 8.61. The number of anilines is 4. The Hall–Kier alpha value is -2.12. The van der Waals surface area contributed by atoms with E-state index in [1.54, 1.807) is 0 Å². The second kappa shape index (κ2) is 5.03. The van der Waals surface area contributed by atoms with Crippen molar-refractivity contribution >= 4 is 34.6 Å². The third-order valence-corrected chi connectivity index (χ3v) is 2.49. The summed E-state index contributed by atoms with van der Waals surface area (Å²) in [6.07, 6.45) is 1.29. The normalized spacial score (nSPS) is 10.2. The van der Waals surface area contributed by atoms with Crippen LogP contribution in [0.15, 0.2) is 24.5 Å². The summed E-state index contributed by atoms with van der Waals surface area (Å²) in [5.74, 6) is 5.38. The second-order valence-corrected chi connectivity index (χ2v) is 3.79. The molecule has 0 saturated heterocycles. The lowest BCUT2D eigenvalue weighted by atomic mass is 10.3. The first-order valence-electron chi connectivity index (χ1n) is 4.91. The van der Waals surface area contributed by atoms with Crippen LogP contribution in [0.5, 0.6) is 0 Å². The summed E-state index contributed by atoms with van der Waals surface area (Å²) < 4.78 is 13.0. The zero-order valence-electron chi connectivity index (χ0n) is 9.11. The maximum Gasteiger partial charge on any atom is 0.168 e. The first-order valence-corrected chi connectivity index (χ1v) is 5.28. The molecule has 0 bridgehead atoms. The largest absolute Gasteiger partial charge is 0.393 e. The number of halogens is 2. The van der Waals surface area contributed by atoms with E-state index in [1.165, 1.54) is 24.5 Å². The van der Waals surface area contributed by atoms with E-state index in [-0.39, 0.29) is 10.7 Å². The molecule has 18 heavy (non-hydrogen) atoms. The molecular weight excluding hydrogens is 259 g/mol. The molecule has 0 aliphatic carbocycles. The van der Waals surface area contributed by atoms with Crippen LogP contribution in [0.1, 0.15) is 0 Å². The molecule has 94 valence electrons. The molecule has 0 fully saturated rings. The Morgan fingerprint density at radius 2 is 1.94 bits per heavy atom. The monoisotopic (exact) mass is 268 g/mol. The lowest BCUT2D eigenvalue weighted by molar-refractivity contribution is 0.628. The van der Waals surface area contributed by atoms with Gasteiger partial charge in [0.1, 0.15) is 17.8 Å². The molecule has 0 radical (unpaired) electrons. The van der Waals surface area contributed by atoms with Gasteiger partial charge in [0, 0.05) is 5.69 Å². The van der Waals surface area contributed by atoms with Gasteiger partial charge >= 0.3 is 0 Å². The topological polar surface area (TPSA) is 102 Å². The highest BCUT2D eigenvalue weighted by Gasteiger charge is 2.08. The predicted molar refractivity (Wildman–Crippen MR) is 68.9 cm³/mol. The maximum absolute atomic E-state index is 13.0. The van der Waals surface area contributed by atoms with E-state index in [0.717, 1.165) is 0 Å². The van der Waals surface area contributed by atoms with E-state index in [1.807, 2.05) is 0 Å². The van der Waals surface area contributed by atoms with Crippen molar-refractivity contribution in [1.82, 2.24) is 9.97 Å². The van der Waals surface area contributed by atoms with Gasteiger partial charge in [0.05, 0.1) is 5.02 Å². The average Bonchev–Trinajstić information content (AvgIpc) is 2.36. The van der Waals surface area contributed by atoms with Crippen LogP contribution in [0.2, 0.25) is 5.02 Å². The molecule has 1 heterocycles. The van der Waals surface area contributed by atoms with E-state index in [9.17, 15) is 4.39 Å². The van der Waals surface area contributed by atoms with Crippen LogP contribution in [0.4, 0.5) is 27.4 Å². The number of hydrogen-bond acceptors (Lipinski definition) is 6. The minimum atomic E-state index is -0.498. The van der Waals surface area contributed by atoms with Crippen LogP contribution in [-0.2, 0) is 0 Å². The number of rotatable bonds is 3. The van der Waals surface area contributed by atoms with Gasteiger partial charge < -0.3 is 16.5 Å². The van der Waals surface area contributed by atoms with Crippen LogP contribution in [0.25, 0.3) is 0 Å². The third kappa shape index (κ3) is 2.41. The van der Waals surface area contributed by atoms with Crippen LogP contribution in [0, 0.1) is 5.82 Å². The van der Waals surface area contributed by atoms with Crippen molar-refractivity contribution in [2.24, 2.45) is 5.84 Å². The lowest BCUT2D eigenvalue weighted by Gasteiger charge is -2.10. The molecule has 0 saturated carbocycles. The fourth-order valence-corrected chi connectivity index (χ4v) is 1.50. The summed E-state index contributed by atoms with van der Waals surface area (Å²) >= 11 is 5.67. The highest BCUT2D eigenvalue weighted by molar-refractivity contribution is 6.31. The van der Waals surface area contributed by atoms with Gasteiger partial charge in [-0.1, -0.05) is 11.6 Å². The molecule has 0 aliphatic heterocycles. The fraction of sp³-hybridized carbons (Fsp3) is 0. The number of nitrogens with zero attached hydrogens (tertiary/aromatic N) is 2. The van der Waals surface area contributed by atoms with Gasteiger partial charge in [-0.3, -0.25) is 0 Å². The molecule has 1 aromatic carbocycles. The molecule has 6 nitrogen and oxygen atoms in total. The summed E-state index contributed by atoms with van der Waals surface area (Å²) in [6, 6.07) is 4.18. The molecule has 6 N–H and O–H groups in total. The highest BCUT2D eigenvalue weighted by atomic mass is 35.5. The van der Waals surface area contributed by atoms with Crippen molar-refractivity contribution in [1.29, 1.82) is 0 Å². The Kier molecular flexibility index (Phi) is 3.45. The average molecular weight is 269 g/mol. The quantitative estimate of drug-likeness (QED) is 0.501. The van der Waals surface area contributed by atoms with Gasteiger partial charge in [-0.15, -0.1) is 0 Å². The highest BCUT2D eigenvalue weighted by Crippen LogP contribution is 2.27. The summed E-state index contributed by atoms with van der Waals surface area (Å²) in [5.41, 5.74) is 8.91. The van der Waals surface area contributed by atoms with Gasteiger partial charge in [0.15, 0.2) is 11.6 Å². The van der Waals surface area contributed by atoms with E-state index >= 15 is 0 Å². The first kappa shape index (κ1) is 12.3. The predicted octanol–water partition coefficient (Wildman–Crippen LogP) is 1.88. The van der Waals surface area contributed by atoms with Crippen LogP contribution in [-0.4, -0.2) is 9.97 Å². The Bertz CT molecular complexity index is 576. The van der Waals surface area contributed by atoms with E-state index in [2.05, 4.69) is 20.7 Å².